The number of nitrogens with one attached hydrogen (secondary N) is 1. The van der Waals surface area contributed by atoms with Crippen molar-refractivity contribution in [3.8, 4) is 0 Å². The van der Waals surface area contributed by atoms with E-state index in [1.165, 1.54) is 0 Å². The van der Waals surface area contributed by atoms with E-state index in [-0.39, 0.29) is 23.8 Å². The lowest BCUT2D eigenvalue weighted by molar-refractivity contribution is -0.122. The summed E-state index contributed by atoms with van der Waals surface area (Å²) in [6, 6.07) is 9.75. The Bertz CT molecular complexity index is 599. The highest BCUT2D eigenvalue weighted by atomic mass is 16.4. The summed E-state index contributed by atoms with van der Waals surface area (Å²) in [5.74, 6) is 0.715. The minimum atomic E-state index is -0.261. The van der Waals surface area contributed by atoms with E-state index in [2.05, 4.69) is 15.5 Å². The van der Waals surface area contributed by atoms with Gasteiger partial charge in [-0.2, -0.15) is 0 Å². The molecule has 1 atom stereocenters. The molecule has 1 heterocycles. The SMILES string of the molecule is Cc1nnc(C(CC(=O)NC(C)(C)C)c2ccccc2)o1. The Balaban J connectivity index is 2.23. The van der Waals surface area contributed by atoms with Crippen LogP contribution >= 0.6 is 0 Å². The van der Waals surface area contributed by atoms with Crippen molar-refractivity contribution in [3.63, 3.8) is 0 Å². The first-order valence-electron chi connectivity index (χ1n) is 7.01. The minimum absolute atomic E-state index is 0.0350. The Morgan fingerprint density at radius 2 is 1.90 bits per heavy atom. The molecule has 0 bridgehead atoms. The highest BCUT2D eigenvalue weighted by molar-refractivity contribution is 5.78. The maximum atomic E-state index is 12.2. The lowest BCUT2D eigenvalue weighted by Crippen LogP contribution is -2.41. The Morgan fingerprint density at radius 3 is 2.43 bits per heavy atom. The van der Waals surface area contributed by atoms with Crippen molar-refractivity contribution in [2.24, 2.45) is 0 Å². The van der Waals surface area contributed by atoms with Gasteiger partial charge in [-0.25, -0.2) is 0 Å². The average Bonchev–Trinajstić information content (AvgIpc) is 2.81. The maximum Gasteiger partial charge on any atom is 0.224 e. The highest BCUT2D eigenvalue weighted by Crippen LogP contribution is 2.27. The summed E-state index contributed by atoms with van der Waals surface area (Å²) in [4.78, 5) is 12.2. The molecule has 1 amide bonds. The third kappa shape index (κ3) is 4.41. The van der Waals surface area contributed by atoms with Crippen molar-refractivity contribution in [1.82, 2.24) is 15.5 Å². The maximum absolute atomic E-state index is 12.2. The van der Waals surface area contributed by atoms with Gasteiger partial charge in [-0.3, -0.25) is 4.79 Å². The van der Waals surface area contributed by atoms with Gasteiger partial charge in [-0.05, 0) is 26.3 Å². The lowest BCUT2D eigenvalue weighted by Gasteiger charge is -2.22. The first-order chi connectivity index (χ1) is 9.85. The number of rotatable bonds is 4. The molecule has 0 saturated heterocycles. The molecule has 0 fully saturated rings. The molecule has 1 aromatic carbocycles. The van der Waals surface area contributed by atoms with Crippen LogP contribution in [0.2, 0.25) is 0 Å². The van der Waals surface area contributed by atoms with Crippen molar-refractivity contribution in [2.45, 2.75) is 45.6 Å². The molecule has 5 nitrogen and oxygen atoms in total. The molecule has 0 radical (unpaired) electrons. The van der Waals surface area contributed by atoms with Crippen molar-refractivity contribution < 1.29 is 9.21 Å². The molecule has 0 aliphatic heterocycles. The summed E-state index contributed by atoms with van der Waals surface area (Å²) in [5, 5.41) is 10.9. The van der Waals surface area contributed by atoms with E-state index >= 15 is 0 Å². The van der Waals surface area contributed by atoms with Crippen LogP contribution in [0.15, 0.2) is 34.7 Å². The Morgan fingerprint density at radius 1 is 1.24 bits per heavy atom. The summed E-state index contributed by atoms with van der Waals surface area (Å²) in [6.07, 6.45) is 0.281. The number of aryl methyl sites for hydroxylation is 1. The summed E-state index contributed by atoms with van der Waals surface area (Å²) in [7, 11) is 0. The molecular weight excluding hydrogens is 266 g/mol. The van der Waals surface area contributed by atoms with Crippen LogP contribution < -0.4 is 5.32 Å². The second kappa shape index (κ2) is 6.08. The molecular formula is C16H21N3O2. The Hall–Kier alpha value is -2.17. The fraction of sp³-hybridized carbons (Fsp3) is 0.438. The molecule has 21 heavy (non-hydrogen) atoms. The number of carbonyl (C=O) groups is 1. The van der Waals surface area contributed by atoms with Gasteiger partial charge in [-0.15, -0.1) is 10.2 Å². The summed E-state index contributed by atoms with van der Waals surface area (Å²) < 4.78 is 5.53. The molecule has 0 saturated carbocycles. The molecule has 0 spiro atoms. The van der Waals surface area contributed by atoms with E-state index in [4.69, 9.17) is 4.42 Å². The Kier molecular flexibility index (Phi) is 4.40. The number of hydrogen-bond donors (Lipinski definition) is 1. The Labute approximate surface area is 124 Å². The normalized spacial score (nSPS) is 13.0. The van der Waals surface area contributed by atoms with Gasteiger partial charge in [0, 0.05) is 18.9 Å². The molecule has 1 N–H and O–H groups in total. The molecule has 5 heteroatoms. The fourth-order valence-corrected chi connectivity index (χ4v) is 2.14. The topological polar surface area (TPSA) is 68.0 Å². The van der Waals surface area contributed by atoms with Gasteiger partial charge in [0.15, 0.2) is 0 Å². The van der Waals surface area contributed by atoms with E-state index in [0.717, 1.165) is 5.56 Å². The van der Waals surface area contributed by atoms with Gasteiger partial charge in [0.1, 0.15) is 0 Å². The van der Waals surface area contributed by atoms with Crippen LogP contribution in [0.5, 0.6) is 0 Å². The predicted molar refractivity (Wildman–Crippen MR) is 79.8 cm³/mol. The average molecular weight is 287 g/mol. The number of carbonyl (C=O) groups excluding carboxylic acids is 1. The van der Waals surface area contributed by atoms with Crippen LogP contribution in [0.4, 0.5) is 0 Å². The van der Waals surface area contributed by atoms with Crippen LogP contribution in [0, 0.1) is 6.92 Å². The largest absolute Gasteiger partial charge is 0.425 e. The van der Waals surface area contributed by atoms with Crippen molar-refractivity contribution >= 4 is 5.91 Å². The highest BCUT2D eigenvalue weighted by Gasteiger charge is 2.25. The van der Waals surface area contributed by atoms with Crippen molar-refractivity contribution in [2.75, 3.05) is 0 Å². The third-order valence-electron chi connectivity index (χ3n) is 2.95. The number of hydrogen-bond acceptors (Lipinski definition) is 4. The summed E-state index contributed by atoms with van der Waals surface area (Å²) in [5.41, 5.74) is 0.730. The molecule has 2 rings (SSSR count). The van der Waals surface area contributed by atoms with Gasteiger partial charge >= 0.3 is 0 Å². The van der Waals surface area contributed by atoms with Crippen LogP contribution in [-0.2, 0) is 4.79 Å². The quantitative estimate of drug-likeness (QED) is 0.939. The second-order valence-corrected chi connectivity index (χ2v) is 6.12. The van der Waals surface area contributed by atoms with Gasteiger partial charge in [-0.1, -0.05) is 30.3 Å². The van der Waals surface area contributed by atoms with E-state index < -0.39 is 0 Å². The zero-order valence-corrected chi connectivity index (χ0v) is 12.9. The van der Waals surface area contributed by atoms with Crippen LogP contribution in [-0.4, -0.2) is 21.6 Å². The van der Waals surface area contributed by atoms with Gasteiger partial charge in [0.05, 0.1) is 5.92 Å². The van der Waals surface area contributed by atoms with Gasteiger partial charge < -0.3 is 9.73 Å². The number of amides is 1. The van der Waals surface area contributed by atoms with Crippen LogP contribution in [0.3, 0.4) is 0 Å². The smallest absolute Gasteiger partial charge is 0.224 e. The number of benzene rings is 1. The van der Waals surface area contributed by atoms with Crippen LogP contribution in [0.1, 0.15) is 50.5 Å². The lowest BCUT2D eigenvalue weighted by atomic mass is 9.94. The molecule has 1 unspecified atom stereocenters. The number of aromatic nitrogens is 2. The monoisotopic (exact) mass is 287 g/mol. The summed E-state index contributed by atoms with van der Waals surface area (Å²) in [6.45, 7) is 7.62. The molecule has 1 aromatic heterocycles. The summed E-state index contributed by atoms with van der Waals surface area (Å²) >= 11 is 0. The first-order valence-corrected chi connectivity index (χ1v) is 7.01. The first kappa shape index (κ1) is 15.2. The third-order valence-corrected chi connectivity index (χ3v) is 2.95. The minimum Gasteiger partial charge on any atom is -0.425 e. The molecule has 112 valence electrons. The van der Waals surface area contributed by atoms with E-state index in [1.54, 1.807) is 6.92 Å². The van der Waals surface area contributed by atoms with Gasteiger partial charge in [0.25, 0.3) is 0 Å². The molecule has 0 aliphatic carbocycles. The van der Waals surface area contributed by atoms with Crippen molar-refractivity contribution in [1.29, 1.82) is 0 Å². The van der Waals surface area contributed by atoms with E-state index in [0.29, 0.717) is 11.8 Å². The fourth-order valence-electron chi connectivity index (χ4n) is 2.14. The number of nitrogens with zero attached hydrogens (tertiary/aromatic N) is 2. The predicted octanol–water partition coefficient (Wildman–Crippen LogP) is 2.81. The zero-order chi connectivity index (χ0) is 15.5. The van der Waals surface area contributed by atoms with Gasteiger partial charge in [0.2, 0.25) is 17.7 Å². The molecule has 2 aromatic rings. The van der Waals surface area contributed by atoms with E-state index in [1.807, 2.05) is 51.1 Å². The second-order valence-electron chi connectivity index (χ2n) is 6.12. The van der Waals surface area contributed by atoms with Crippen molar-refractivity contribution in [3.05, 3.63) is 47.7 Å². The van der Waals surface area contributed by atoms with E-state index in [9.17, 15) is 4.79 Å². The zero-order valence-electron chi connectivity index (χ0n) is 12.9. The van der Waals surface area contributed by atoms with Crippen LogP contribution in [0.25, 0.3) is 0 Å². The molecule has 0 aliphatic rings. The standard InChI is InChI=1S/C16H21N3O2/c1-11-18-19-15(21-11)13(12-8-6-5-7-9-12)10-14(20)17-16(2,3)4/h5-9,13H,10H2,1-4H3,(H,17,20).